The normalized spacial score (nSPS) is 18.2. The molecule has 0 fully saturated rings. The monoisotopic (exact) mass is 519 g/mol. The van der Waals surface area contributed by atoms with Crippen molar-refractivity contribution in [3.05, 3.63) is 83.2 Å². The van der Waals surface area contributed by atoms with Crippen molar-refractivity contribution >= 4 is 37.1 Å². The molecule has 1 aromatic heterocycles. The van der Waals surface area contributed by atoms with E-state index in [1.165, 1.54) is 22.9 Å². The Morgan fingerprint density at radius 2 is 1.77 bits per heavy atom. The van der Waals surface area contributed by atoms with Gasteiger partial charge in [0.05, 0.1) is 18.4 Å². The third-order valence-electron chi connectivity index (χ3n) is 5.96. The second kappa shape index (κ2) is 8.85. The molecule has 2 unspecified atom stereocenters. The van der Waals surface area contributed by atoms with Gasteiger partial charge in [0.2, 0.25) is 0 Å². The standard InChI is InChI=1S/C25H20F3NO4S2/c26-25(27,28)35(31,32)29-21-7-3-2-6-19(21)15-9-10-20-22(13-15)33-14-17(24(20)30)12-18-11-16-5-1-4-8-23(16)34-18/h1-11,13,17,24,29-30H,12,14H2. The van der Waals surface area contributed by atoms with Crippen molar-refractivity contribution in [1.29, 1.82) is 0 Å². The third kappa shape index (κ3) is 4.61. The van der Waals surface area contributed by atoms with E-state index >= 15 is 0 Å². The van der Waals surface area contributed by atoms with E-state index in [1.54, 1.807) is 40.3 Å². The molecule has 0 aliphatic carbocycles. The fraction of sp³-hybridized carbons (Fsp3) is 0.200. The van der Waals surface area contributed by atoms with Crippen molar-refractivity contribution in [3.63, 3.8) is 0 Å². The van der Waals surface area contributed by atoms with Crippen molar-refractivity contribution in [2.45, 2.75) is 18.0 Å². The fourth-order valence-corrected chi connectivity index (χ4v) is 5.95. The van der Waals surface area contributed by atoms with Crippen molar-refractivity contribution in [2.24, 2.45) is 5.92 Å². The topological polar surface area (TPSA) is 75.6 Å². The zero-order valence-electron chi connectivity index (χ0n) is 18.1. The number of sulfonamides is 1. The summed E-state index contributed by atoms with van der Waals surface area (Å²) in [6.07, 6.45) is -0.138. The summed E-state index contributed by atoms with van der Waals surface area (Å²) in [7, 11) is -5.57. The second-order valence-electron chi connectivity index (χ2n) is 8.32. The molecule has 0 amide bonds. The lowest BCUT2D eigenvalue weighted by molar-refractivity contribution is -0.0429. The first-order chi connectivity index (χ1) is 16.6. The lowest BCUT2D eigenvalue weighted by atomic mass is 9.89. The second-order valence-corrected chi connectivity index (χ2v) is 11.2. The molecular weight excluding hydrogens is 499 g/mol. The molecule has 0 saturated heterocycles. The molecule has 1 aliphatic heterocycles. The highest BCUT2D eigenvalue weighted by Gasteiger charge is 2.46. The first-order valence-corrected chi connectivity index (χ1v) is 13.0. The summed E-state index contributed by atoms with van der Waals surface area (Å²) in [6.45, 7) is 0.272. The van der Waals surface area contributed by atoms with E-state index in [1.807, 2.05) is 18.2 Å². The molecule has 0 spiro atoms. The molecule has 1 aliphatic rings. The van der Waals surface area contributed by atoms with Gasteiger partial charge in [-0.25, -0.2) is 0 Å². The number of benzene rings is 3. The highest BCUT2D eigenvalue weighted by atomic mass is 32.2. The highest BCUT2D eigenvalue weighted by Crippen LogP contribution is 2.41. The van der Waals surface area contributed by atoms with Crippen LogP contribution < -0.4 is 9.46 Å². The quantitative estimate of drug-likeness (QED) is 0.333. The molecule has 2 atom stereocenters. The number of ether oxygens (including phenoxy) is 1. The number of rotatable bonds is 5. The Bertz CT molecular complexity index is 1470. The molecule has 0 radical (unpaired) electrons. The van der Waals surface area contributed by atoms with Crippen LogP contribution in [0.2, 0.25) is 0 Å². The van der Waals surface area contributed by atoms with Gasteiger partial charge in [-0.3, -0.25) is 4.72 Å². The van der Waals surface area contributed by atoms with Crippen LogP contribution in [-0.2, 0) is 16.4 Å². The van der Waals surface area contributed by atoms with Gasteiger partial charge < -0.3 is 9.84 Å². The summed E-state index contributed by atoms with van der Waals surface area (Å²) in [6, 6.07) is 20.9. The molecule has 2 heterocycles. The molecule has 0 bridgehead atoms. The molecule has 4 aromatic rings. The number of hydrogen-bond acceptors (Lipinski definition) is 5. The fourth-order valence-electron chi connectivity index (χ4n) is 4.21. The Morgan fingerprint density at radius 3 is 2.54 bits per heavy atom. The van der Waals surface area contributed by atoms with Crippen LogP contribution in [0.1, 0.15) is 16.5 Å². The zero-order valence-corrected chi connectivity index (χ0v) is 19.8. The van der Waals surface area contributed by atoms with Gasteiger partial charge in [0, 0.05) is 26.6 Å². The van der Waals surface area contributed by atoms with Crippen LogP contribution in [0.5, 0.6) is 5.75 Å². The van der Waals surface area contributed by atoms with E-state index in [0.717, 1.165) is 10.3 Å². The number of halogens is 3. The average Bonchev–Trinajstić information content (AvgIpc) is 3.22. The van der Waals surface area contributed by atoms with Crippen LogP contribution in [0.4, 0.5) is 18.9 Å². The average molecular weight is 520 g/mol. The van der Waals surface area contributed by atoms with E-state index in [-0.39, 0.29) is 23.8 Å². The van der Waals surface area contributed by atoms with Crippen LogP contribution in [0.15, 0.2) is 72.8 Å². The maximum atomic E-state index is 12.9. The number of anilines is 1. The minimum absolute atomic E-state index is 0.160. The van der Waals surface area contributed by atoms with Crippen LogP contribution in [0.3, 0.4) is 0 Å². The summed E-state index contributed by atoms with van der Waals surface area (Å²) >= 11 is 1.68. The Labute approximate surface area is 203 Å². The van der Waals surface area contributed by atoms with Crippen LogP contribution in [-0.4, -0.2) is 25.6 Å². The predicted molar refractivity (Wildman–Crippen MR) is 130 cm³/mol. The molecular formula is C25H20F3NO4S2. The number of nitrogens with one attached hydrogen (secondary N) is 1. The Balaban J connectivity index is 1.40. The maximum Gasteiger partial charge on any atom is 0.516 e. The van der Waals surface area contributed by atoms with Gasteiger partial charge in [-0.05, 0) is 41.6 Å². The summed E-state index contributed by atoms with van der Waals surface area (Å²) in [5, 5.41) is 12.2. The van der Waals surface area contributed by atoms with Crippen LogP contribution in [0, 0.1) is 5.92 Å². The minimum atomic E-state index is -5.57. The number of aliphatic hydroxyl groups excluding tert-OH is 1. The molecule has 2 N–H and O–H groups in total. The molecule has 5 rings (SSSR count). The highest BCUT2D eigenvalue weighted by molar-refractivity contribution is 7.93. The summed E-state index contributed by atoms with van der Waals surface area (Å²) in [4.78, 5) is 1.14. The number of hydrogen-bond donors (Lipinski definition) is 2. The molecule has 35 heavy (non-hydrogen) atoms. The van der Waals surface area contributed by atoms with E-state index in [9.17, 15) is 26.7 Å². The van der Waals surface area contributed by atoms with Gasteiger partial charge in [-0.2, -0.15) is 21.6 Å². The van der Waals surface area contributed by atoms with E-state index in [4.69, 9.17) is 4.74 Å². The van der Waals surface area contributed by atoms with Crippen molar-refractivity contribution in [3.8, 4) is 16.9 Å². The van der Waals surface area contributed by atoms with Gasteiger partial charge in [0.25, 0.3) is 0 Å². The SMILES string of the molecule is O=S(=O)(Nc1ccccc1-c1ccc2c(c1)OCC(Cc1cc3ccccc3s1)C2O)C(F)(F)F. The largest absolute Gasteiger partial charge is 0.516 e. The maximum absolute atomic E-state index is 12.9. The van der Waals surface area contributed by atoms with E-state index < -0.39 is 21.6 Å². The summed E-state index contributed by atoms with van der Waals surface area (Å²) in [5.41, 5.74) is -4.34. The molecule has 3 aromatic carbocycles. The smallest absolute Gasteiger partial charge is 0.493 e. The van der Waals surface area contributed by atoms with E-state index in [0.29, 0.717) is 23.3 Å². The minimum Gasteiger partial charge on any atom is -0.493 e. The molecule has 0 saturated carbocycles. The lowest BCUT2D eigenvalue weighted by Crippen LogP contribution is -2.30. The molecule has 182 valence electrons. The van der Waals surface area contributed by atoms with Crippen molar-refractivity contribution in [1.82, 2.24) is 0 Å². The molecule has 10 heteroatoms. The zero-order chi connectivity index (χ0) is 24.8. The summed E-state index contributed by atoms with van der Waals surface area (Å²) < 4.78 is 70.6. The third-order valence-corrected chi connectivity index (χ3v) is 8.20. The van der Waals surface area contributed by atoms with Crippen molar-refractivity contribution < 1.29 is 31.4 Å². The number of alkyl halides is 3. The van der Waals surface area contributed by atoms with Gasteiger partial charge in [0.15, 0.2) is 0 Å². The van der Waals surface area contributed by atoms with Gasteiger partial charge in [-0.1, -0.05) is 48.5 Å². The number of fused-ring (bicyclic) bond motifs is 2. The van der Waals surface area contributed by atoms with Crippen LogP contribution in [0.25, 0.3) is 21.2 Å². The lowest BCUT2D eigenvalue weighted by Gasteiger charge is -2.30. The van der Waals surface area contributed by atoms with Crippen molar-refractivity contribution in [2.75, 3.05) is 11.3 Å². The Morgan fingerprint density at radius 1 is 1.03 bits per heavy atom. The number of thiophene rings is 1. The Hall–Kier alpha value is -3.08. The van der Waals surface area contributed by atoms with Gasteiger partial charge >= 0.3 is 15.5 Å². The first-order valence-electron chi connectivity index (χ1n) is 10.7. The Kier molecular flexibility index (Phi) is 5.98. The molecule has 5 nitrogen and oxygen atoms in total. The van der Waals surface area contributed by atoms with Gasteiger partial charge in [0.1, 0.15) is 5.75 Å². The predicted octanol–water partition coefficient (Wildman–Crippen LogP) is 6.11. The number of para-hydroxylation sites is 1. The summed E-state index contributed by atoms with van der Waals surface area (Å²) in [5.74, 6) is 0.253. The van der Waals surface area contributed by atoms with Gasteiger partial charge in [-0.15, -0.1) is 11.3 Å². The van der Waals surface area contributed by atoms with Crippen LogP contribution >= 0.6 is 11.3 Å². The van der Waals surface area contributed by atoms with E-state index in [2.05, 4.69) is 12.1 Å². The first kappa shape index (κ1) is 23.7. The number of aliphatic hydroxyl groups is 1.